The number of rotatable bonds is 6. The van der Waals surface area contributed by atoms with Crippen LogP contribution in [0.1, 0.15) is 21.7 Å². The predicted octanol–water partition coefficient (Wildman–Crippen LogP) is 3.92. The zero-order valence-corrected chi connectivity index (χ0v) is 16.8. The maximum Gasteiger partial charge on any atom is 0.333 e. The highest BCUT2D eigenvalue weighted by Gasteiger charge is 2.23. The summed E-state index contributed by atoms with van der Waals surface area (Å²) in [5.74, 6) is -0.744. The van der Waals surface area contributed by atoms with E-state index in [-0.39, 0.29) is 35.3 Å². The molecule has 3 aromatic rings. The number of carbonyl (C=O) groups is 2. The maximum atomic E-state index is 12.3. The number of hydrogen-bond acceptors (Lipinski definition) is 6. The molecule has 0 bridgehead atoms. The first kappa shape index (κ1) is 21.0. The van der Waals surface area contributed by atoms with Crippen molar-refractivity contribution in [1.82, 2.24) is 9.78 Å². The fourth-order valence-corrected chi connectivity index (χ4v) is 3.06. The van der Waals surface area contributed by atoms with E-state index >= 15 is 0 Å². The number of aromatic nitrogens is 2. The first-order valence-electron chi connectivity index (χ1n) is 8.81. The molecule has 0 aliphatic rings. The molecule has 1 heterocycles. The van der Waals surface area contributed by atoms with E-state index < -0.39 is 10.9 Å². The summed E-state index contributed by atoms with van der Waals surface area (Å²) in [4.78, 5) is 35.0. The number of halogens is 1. The van der Waals surface area contributed by atoms with Crippen LogP contribution in [-0.2, 0) is 11.3 Å². The third kappa shape index (κ3) is 4.64. The number of ether oxygens (including phenoxy) is 1. The molecule has 30 heavy (non-hydrogen) atoms. The minimum atomic E-state index is -0.636. The zero-order valence-electron chi connectivity index (χ0n) is 16.1. The van der Waals surface area contributed by atoms with Gasteiger partial charge in [0.2, 0.25) is 0 Å². The first-order valence-corrected chi connectivity index (χ1v) is 9.19. The Morgan fingerprint density at radius 1 is 1.17 bits per heavy atom. The summed E-state index contributed by atoms with van der Waals surface area (Å²) >= 11 is 6.01. The average Bonchev–Trinajstić information content (AvgIpc) is 2.96. The molecule has 154 valence electrons. The topological polar surface area (TPSA) is 116 Å². The Hall–Kier alpha value is -3.72. The molecule has 0 spiro atoms. The molecule has 0 atom stereocenters. The van der Waals surface area contributed by atoms with Crippen molar-refractivity contribution >= 4 is 34.9 Å². The van der Waals surface area contributed by atoms with Crippen molar-refractivity contribution in [2.75, 3.05) is 5.32 Å². The zero-order chi connectivity index (χ0) is 21.8. The van der Waals surface area contributed by atoms with Crippen molar-refractivity contribution in [2.24, 2.45) is 0 Å². The summed E-state index contributed by atoms with van der Waals surface area (Å²) in [6, 6.07) is 12.9. The largest absolute Gasteiger partial charge is 0.425 e. The normalized spacial score (nSPS) is 10.5. The molecule has 0 radical (unpaired) electrons. The predicted molar refractivity (Wildman–Crippen MR) is 110 cm³/mol. The quantitative estimate of drug-likeness (QED) is 0.275. The summed E-state index contributed by atoms with van der Waals surface area (Å²) in [6.07, 6.45) is 0. The Bertz CT molecular complexity index is 1120. The van der Waals surface area contributed by atoms with Gasteiger partial charge in [0.15, 0.2) is 0 Å². The van der Waals surface area contributed by atoms with E-state index in [1.54, 1.807) is 36.4 Å². The highest BCUT2D eigenvalue weighted by molar-refractivity contribution is 6.34. The van der Waals surface area contributed by atoms with Crippen LogP contribution in [0.25, 0.3) is 0 Å². The van der Waals surface area contributed by atoms with Gasteiger partial charge in [0, 0.05) is 5.69 Å². The van der Waals surface area contributed by atoms with E-state index in [2.05, 4.69) is 10.4 Å². The molecule has 1 aromatic heterocycles. The van der Waals surface area contributed by atoms with Crippen LogP contribution < -0.4 is 10.1 Å². The van der Waals surface area contributed by atoms with Gasteiger partial charge in [-0.15, -0.1) is 0 Å². The molecule has 0 unspecified atom stereocenters. The summed E-state index contributed by atoms with van der Waals surface area (Å²) in [6.45, 7) is 2.75. The smallest absolute Gasteiger partial charge is 0.333 e. The van der Waals surface area contributed by atoms with E-state index in [9.17, 15) is 19.7 Å². The highest BCUT2D eigenvalue weighted by Crippen LogP contribution is 2.22. The lowest BCUT2D eigenvalue weighted by Crippen LogP contribution is -2.18. The van der Waals surface area contributed by atoms with Crippen molar-refractivity contribution in [2.45, 2.75) is 20.4 Å². The number of anilines is 1. The lowest BCUT2D eigenvalue weighted by Gasteiger charge is -2.08. The monoisotopic (exact) mass is 428 g/mol. The number of hydrogen-bond donors (Lipinski definition) is 1. The fraction of sp³-hybridized carbons (Fsp3) is 0.150. The lowest BCUT2D eigenvalue weighted by atomic mass is 10.2. The molecular weight excluding hydrogens is 412 g/mol. The summed E-state index contributed by atoms with van der Waals surface area (Å²) in [5, 5.41) is 18.1. The van der Waals surface area contributed by atoms with Crippen LogP contribution in [0.5, 0.6) is 5.75 Å². The molecule has 0 saturated heterocycles. The SMILES string of the molecule is Cc1nn(CC(=O)Oc2ccc(NC(=O)c3ccccc3Cl)cc2)c(C)c1[N+](=O)[O-]. The van der Waals surface area contributed by atoms with Gasteiger partial charge in [-0.1, -0.05) is 23.7 Å². The van der Waals surface area contributed by atoms with Crippen LogP contribution in [0.4, 0.5) is 11.4 Å². The Kier molecular flexibility index (Phi) is 6.12. The summed E-state index contributed by atoms with van der Waals surface area (Å²) in [7, 11) is 0. The molecule has 0 saturated carbocycles. The Labute approximate surface area is 176 Å². The molecule has 10 heteroatoms. The van der Waals surface area contributed by atoms with Crippen LogP contribution in [-0.4, -0.2) is 26.6 Å². The van der Waals surface area contributed by atoms with Crippen LogP contribution >= 0.6 is 11.6 Å². The molecule has 0 aliphatic carbocycles. The van der Waals surface area contributed by atoms with E-state index in [0.29, 0.717) is 16.3 Å². The van der Waals surface area contributed by atoms with Crippen LogP contribution in [0.3, 0.4) is 0 Å². The van der Waals surface area contributed by atoms with Gasteiger partial charge in [0.25, 0.3) is 5.91 Å². The van der Waals surface area contributed by atoms with Crippen LogP contribution in [0.15, 0.2) is 48.5 Å². The number of nitrogens with zero attached hydrogens (tertiary/aromatic N) is 3. The van der Waals surface area contributed by atoms with Gasteiger partial charge < -0.3 is 10.1 Å². The Morgan fingerprint density at radius 3 is 2.43 bits per heavy atom. The second-order valence-corrected chi connectivity index (χ2v) is 6.77. The van der Waals surface area contributed by atoms with Crippen molar-refractivity contribution < 1.29 is 19.2 Å². The number of benzene rings is 2. The second kappa shape index (κ2) is 8.75. The van der Waals surface area contributed by atoms with Crippen LogP contribution in [0, 0.1) is 24.0 Å². The number of nitrogens with one attached hydrogen (secondary N) is 1. The third-order valence-corrected chi connectivity index (χ3v) is 4.60. The summed E-state index contributed by atoms with van der Waals surface area (Å²) < 4.78 is 6.47. The molecule has 2 aromatic carbocycles. The molecule has 0 fully saturated rings. The van der Waals surface area contributed by atoms with Gasteiger partial charge in [0.1, 0.15) is 23.7 Å². The van der Waals surface area contributed by atoms with E-state index in [0.717, 1.165) is 0 Å². The summed E-state index contributed by atoms with van der Waals surface area (Å²) in [5.41, 5.74) is 1.21. The van der Waals surface area contributed by atoms with Gasteiger partial charge in [0.05, 0.1) is 15.5 Å². The van der Waals surface area contributed by atoms with E-state index in [1.807, 2.05) is 0 Å². The lowest BCUT2D eigenvalue weighted by molar-refractivity contribution is -0.386. The molecule has 1 N–H and O–H groups in total. The molecular formula is C20H17ClN4O5. The van der Waals surface area contributed by atoms with Crippen LogP contribution in [0.2, 0.25) is 5.02 Å². The standard InChI is InChI=1S/C20H17ClN4O5/c1-12-19(25(28)29)13(2)24(23-12)11-18(26)30-15-9-7-14(8-10-15)22-20(27)16-5-3-4-6-17(16)21/h3-10H,11H2,1-2H3,(H,22,27). The fourth-order valence-electron chi connectivity index (χ4n) is 2.84. The molecule has 9 nitrogen and oxygen atoms in total. The third-order valence-electron chi connectivity index (χ3n) is 4.27. The van der Waals surface area contributed by atoms with Gasteiger partial charge in [-0.3, -0.25) is 19.6 Å². The molecule has 3 rings (SSSR count). The molecule has 0 aliphatic heterocycles. The van der Waals surface area contributed by atoms with Gasteiger partial charge in [-0.2, -0.15) is 5.10 Å². The maximum absolute atomic E-state index is 12.3. The Balaban J connectivity index is 1.62. The van der Waals surface area contributed by atoms with Crippen molar-refractivity contribution in [3.63, 3.8) is 0 Å². The van der Waals surface area contributed by atoms with Crippen molar-refractivity contribution in [1.29, 1.82) is 0 Å². The van der Waals surface area contributed by atoms with Crippen molar-refractivity contribution in [3.8, 4) is 5.75 Å². The molecule has 1 amide bonds. The number of amides is 1. The van der Waals surface area contributed by atoms with E-state index in [1.165, 1.54) is 30.7 Å². The highest BCUT2D eigenvalue weighted by atomic mass is 35.5. The second-order valence-electron chi connectivity index (χ2n) is 6.37. The van der Waals surface area contributed by atoms with Gasteiger partial charge in [-0.05, 0) is 50.2 Å². The first-order chi connectivity index (χ1) is 14.3. The number of esters is 1. The van der Waals surface area contributed by atoms with Gasteiger partial charge in [-0.25, -0.2) is 4.79 Å². The van der Waals surface area contributed by atoms with E-state index in [4.69, 9.17) is 16.3 Å². The minimum Gasteiger partial charge on any atom is -0.425 e. The van der Waals surface area contributed by atoms with Gasteiger partial charge >= 0.3 is 11.7 Å². The number of nitro groups is 1. The number of carbonyl (C=O) groups excluding carboxylic acids is 2. The average molecular weight is 429 g/mol. The van der Waals surface area contributed by atoms with Crippen molar-refractivity contribution in [3.05, 3.63) is 80.6 Å². The minimum absolute atomic E-state index is 0.124. The number of aryl methyl sites for hydroxylation is 1. The Morgan fingerprint density at radius 2 is 1.83 bits per heavy atom.